The first-order valence-corrected chi connectivity index (χ1v) is 12.7. The van der Waals surface area contributed by atoms with E-state index in [4.69, 9.17) is 36.3 Å². The number of aliphatic hydroxyl groups excluding tert-OH is 1. The molecule has 0 aliphatic rings. The highest BCUT2D eigenvalue weighted by atomic mass is 35.5. The number of hydrogen-bond donors (Lipinski definition) is 3. The average Bonchev–Trinajstić information content (AvgIpc) is 3.58. The molecule has 0 spiro atoms. The van der Waals surface area contributed by atoms with E-state index in [1.165, 1.54) is 17.5 Å². The van der Waals surface area contributed by atoms with Gasteiger partial charge in [-0.25, -0.2) is 9.78 Å². The molecule has 0 aliphatic carbocycles. The van der Waals surface area contributed by atoms with E-state index < -0.39 is 6.09 Å². The van der Waals surface area contributed by atoms with Crippen molar-refractivity contribution in [1.82, 2.24) is 20.5 Å². The summed E-state index contributed by atoms with van der Waals surface area (Å²) in [7, 11) is 0. The fraction of sp³-hybridized carbons (Fsp3) is 0.154. The van der Waals surface area contributed by atoms with E-state index in [0.29, 0.717) is 44.0 Å². The van der Waals surface area contributed by atoms with Crippen molar-refractivity contribution in [3.05, 3.63) is 70.2 Å². The zero-order chi connectivity index (χ0) is 26.6. The number of nitrogens with one attached hydrogen (secondary N) is 1. The van der Waals surface area contributed by atoms with Gasteiger partial charge in [0.25, 0.3) is 0 Å². The lowest BCUT2D eigenvalue weighted by Gasteiger charge is -2.11. The molecule has 0 unspecified atom stereocenters. The van der Waals surface area contributed by atoms with Crippen LogP contribution in [-0.2, 0) is 6.61 Å². The number of thiophene rings is 1. The van der Waals surface area contributed by atoms with Crippen LogP contribution in [0.25, 0.3) is 33.0 Å². The molecule has 0 radical (unpaired) electrons. The molecule has 38 heavy (non-hydrogen) atoms. The number of halogens is 1. The number of rotatable bonds is 8. The number of anilines is 1. The van der Waals surface area contributed by atoms with Crippen LogP contribution in [0.4, 0.5) is 10.6 Å². The minimum Gasteiger partial charge on any atom is -0.489 e. The number of hydrogen-bond acceptors (Lipinski definition) is 10. The van der Waals surface area contributed by atoms with E-state index in [9.17, 15) is 4.79 Å². The first-order valence-electron chi connectivity index (χ1n) is 11.5. The van der Waals surface area contributed by atoms with Crippen molar-refractivity contribution in [3.8, 4) is 34.4 Å². The summed E-state index contributed by atoms with van der Waals surface area (Å²) in [5, 5.41) is 22.8. The van der Waals surface area contributed by atoms with Gasteiger partial charge in [-0.1, -0.05) is 17.7 Å². The van der Waals surface area contributed by atoms with Crippen molar-refractivity contribution in [2.24, 2.45) is 0 Å². The van der Waals surface area contributed by atoms with Gasteiger partial charge in [-0.3, -0.25) is 0 Å². The van der Waals surface area contributed by atoms with Crippen LogP contribution in [0.5, 0.6) is 11.5 Å². The van der Waals surface area contributed by atoms with Gasteiger partial charge in [0.2, 0.25) is 11.8 Å². The number of carbonyl (C=O) groups is 1. The second kappa shape index (κ2) is 11.1. The van der Waals surface area contributed by atoms with Crippen LogP contribution in [0.2, 0.25) is 5.02 Å². The quantitative estimate of drug-likeness (QED) is 0.236. The van der Waals surface area contributed by atoms with Crippen molar-refractivity contribution in [2.45, 2.75) is 13.5 Å². The SMILES string of the molecule is Cc1ccc(-c2nnc(-c3ccc(Cl)cc3)o2)cc1OCc1csc2c(OC(=O)NCCO)cnc(N)c12. The molecule has 4 N–H and O–H groups in total. The minimum atomic E-state index is -0.689. The molecule has 194 valence electrons. The van der Waals surface area contributed by atoms with Crippen LogP contribution >= 0.6 is 22.9 Å². The van der Waals surface area contributed by atoms with Crippen molar-refractivity contribution in [1.29, 1.82) is 0 Å². The predicted octanol–water partition coefficient (Wildman–Crippen LogP) is 5.22. The van der Waals surface area contributed by atoms with Gasteiger partial charge < -0.3 is 30.0 Å². The Morgan fingerprint density at radius 3 is 2.63 bits per heavy atom. The molecule has 3 aromatic heterocycles. The molecule has 0 saturated heterocycles. The summed E-state index contributed by atoms with van der Waals surface area (Å²) < 4.78 is 18.0. The maximum atomic E-state index is 12.0. The Labute approximate surface area is 226 Å². The van der Waals surface area contributed by atoms with Crippen LogP contribution < -0.4 is 20.5 Å². The fourth-order valence-corrected chi connectivity index (χ4v) is 4.81. The number of pyridine rings is 1. The highest BCUT2D eigenvalue weighted by Gasteiger charge is 2.17. The molecule has 10 nitrogen and oxygen atoms in total. The van der Waals surface area contributed by atoms with E-state index in [2.05, 4.69) is 20.5 Å². The van der Waals surface area contributed by atoms with Crippen LogP contribution in [-0.4, -0.2) is 39.5 Å². The van der Waals surface area contributed by atoms with E-state index in [-0.39, 0.29) is 25.5 Å². The monoisotopic (exact) mass is 551 g/mol. The molecule has 2 aromatic carbocycles. The zero-order valence-electron chi connectivity index (χ0n) is 20.1. The number of amides is 1. The summed E-state index contributed by atoms with van der Waals surface area (Å²) in [5.41, 5.74) is 9.34. The van der Waals surface area contributed by atoms with Crippen LogP contribution in [0.3, 0.4) is 0 Å². The molecule has 0 fully saturated rings. The molecular formula is C26H22ClN5O5S. The number of carbonyl (C=O) groups excluding carboxylic acids is 1. The topological polar surface area (TPSA) is 146 Å². The second-order valence-electron chi connectivity index (χ2n) is 8.20. The van der Waals surface area contributed by atoms with Crippen LogP contribution in [0.1, 0.15) is 11.1 Å². The second-order valence-corrected chi connectivity index (χ2v) is 9.52. The number of fused-ring (bicyclic) bond motifs is 1. The number of aryl methyl sites for hydroxylation is 1. The standard InChI is InChI=1S/C26H22ClN5O5S/c1-14-2-3-16(25-32-31-24(37-25)15-4-6-18(27)7-5-15)10-19(14)35-12-17-13-38-22-20(11-30-23(28)21(17)22)36-26(34)29-8-9-33/h2-7,10-11,13,33H,8-9,12H2,1H3,(H2,28,30)(H,29,34). The number of nitrogen functional groups attached to an aromatic ring is 1. The number of nitrogens with two attached hydrogens (primary N) is 1. The van der Waals surface area contributed by atoms with E-state index in [1.807, 2.05) is 42.6 Å². The lowest BCUT2D eigenvalue weighted by Crippen LogP contribution is -2.29. The molecule has 0 atom stereocenters. The molecule has 3 heterocycles. The zero-order valence-corrected chi connectivity index (χ0v) is 21.7. The lowest BCUT2D eigenvalue weighted by molar-refractivity contribution is 0.196. The number of aromatic nitrogens is 3. The fourth-order valence-electron chi connectivity index (χ4n) is 3.67. The number of aliphatic hydroxyl groups is 1. The summed E-state index contributed by atoms with van der Waals surface area (Å²) in [6.45, 7) is 2.03. The number of benzene rings is 2. The van der Waals surface area contributed by atoms with Gasteiger partial charge in [0.15, 0.2) is 5.75 Å². The normalized spacial score (nSPS) is 11.0. The van der Waals surface area contributed by atoms with Gasteiger partial charge in [0, 0.05) is 33.6 Å². The third-order valence-corrected chi connectivity index (χ3v) is 6.88. The van der Waals surface area contributed by atoms with Crippen molar-refractivity contribution in [3.63, 3.8) is 0 Å². The maximum absolute atomic E-state index is 12.0. The van der Waals surface area contributed by atoms with Gasteiger partial charge in [-0.15, -0.1) is 21.5 Å². The Balaban J connectivity index is 1.35. The first-order chi connectivity index (χ1) is 18.4. The summed E-state index contributed by atoms with van der Waals surface area (Å²) in [4.78, 5) is 16.1. The largest absolute Gasteiger partial charge is 0.489 e. The van der Waals surface area contributed by atoms with Gasteiger partial charge >= 0.3 is 6.09 Å². The Bertz CT molecular complexity index is 1600. The Morgan fingerprint density at radius 2 is 1.87 bits per heavy atom. The van der Waals surface area contributed by atoms with Crippen molar-refractivity contribution < 1.29 is 23.8 Å². The highest BCUT2D eigenvalue weighted by Crippen LogP contribution is 2.37. The lowest BCUT2D eigenvalue weighted by atomic mass is 10.1. The number of ether oxygens (including phenoxy) is 2. The van der Waals surface area contributed by atoms with Gasteiger partial charge in [0.05, 0.1) is 17.5 Å². The first kappa shape index (κ1) is 25.5. The van der Waals surface area contributed by atoms with Crippen LogP contribution in [0, 0.1) is 6.92 Å². The Morgan fingerprint density at radius 1 is 1.13 bits per heavy atom. The summed E-state index contributed by atoms with van der Waals surface area (Å²) >= 11 is 7.33. The molecule has 0 saturated carbocycles. The van der Waals surface area contributed by atoms with E-state index >= 15 is 0 Å². The van der Waals surface area contributed by atoms with Gasteiger partial charge in [0.1, 0.15) is 18.2 Å². The molecule has 5 aromatic rings. The summed E-state index contributed by atoms with van der Waals surface area (Å²) in [5.74, 6) is 1.95. The predicted molar refractivity (Wildman–Crippen MR) is 144 cm³/mol. The van der Waals surface area contributed by atoms with Gasteiger partial charge in [-0.05, 0) is 54.3 Å². The molecule has 1 amide bonds. The maximum Gasteiger partial charge on any atom is 0.412 e. The highest BCUT2D eigenvalue weighted by molar-refractivity contribution is 7.17. The van der Waals surface area contributed by atoms with Crippen molar-refractivity contribution >= 4 is 44.9 Å². The molecule has 12 heteroatoms. The third-order valence-electron chi connectivity index (χ3n) is 5.59. The minimum absolute atomic E-state index is 0.0817. The molecule has 5 rings (SSSR count). The summed E-state index contributed by atoms with van der Waals surface area (Å²) in [6, 6.07) is 12.8. The van der Waals surface area contributed by atoms with Crippen molar-refractivity contribution in [2.75, 3.05) is 18.9 Å². The summed E-state index contributed by atoms with van der Waals surface area (Å²) in [6.07, 6.45) is 0.707. The van der Waals surface area contributed by atoms with E-state index in [0.717, 1.165) is 16.7 Å². The molecule has 0 aliphatic heterocycles. The van der Waals surface area contributed by atoms with E-state index in [1.54, 1.807) is 12.1 Å². The van der Waals surface area contributed by atoms with Crippen LogP contribution in [0.15, 0.2) is 58.5 Å². The molecular weight excluding hydrogens is 530 g/mol. The number of nitrogens with zero attached hydrogens (tertiary/aromatic N) is 3. The Hall–Kier alpha value is -4.19. The Kier molecular flexibility index (Phi) is 7.40. The van der Waals surface area contributed by atoms with Gasteiger partial charge in [-0.2, -0.15) is 0 Å². The average molecular weight is 552 g/mol. The third kappa shape index (κ3) is 5.40. The molecule has 0 bridgehead atoms. The smallest absolute Gasteiger partial charge is 0.412 e.